The van der Waals surface area contributed by atoms with E-state index < -0.39 is 0 Å². The Labute approximate surface area is 94.5 Å². The zero-order chi connectivity index (χ0) is 10.7. The fourth-order valence-corrected chi connectivity index (χ4v) is 2.93. The Balaban J connectivity index is 2.06. The number of rotatable bonds is 3. The minimum atomic E-state index is 0.455. The third-order valence-electron chi connectivity index (χ3n) is 3.27. The standard InChI is InChI=1S/C10H18N4S/c1-2-8-3-4-14(9(5-8)6-11)10-13-12-7-15-10/h7-9H,2-6,11H2,1H3. The molecule has 4 nitrogen and oxygen atoms in total. The van der Waals surface area contributed by atoms with E-state index in [1.165, 1.54) is 19.3 Å². The Kier molecular flexibility index (Phi) is 3.53. The average molecular weight is 226 g/mol. The third-order valence-corrected chi connectivity index (χ3v) is 3.99. The van der Waals surface area contributed by atoms with E-state index in [9.17, 15) is 0 Å². The average Bonchev–Trinajstić information content (AvgIpc) is 2.81. The van der Waals surface area contributed by atoms with E-state index in [-0.39, 0.29) is 0 Å². The lowest BCUT2D eigenvalue weighted by Crippen LogP contribution is -2.46. The van der Waals surface area contributed by atoms with E-state index in [4.69, 9.17) is 5.73 Å². The monoisotopic (exact) mass is 226 g/mol. The highest BCUT2D eigenvalue weighted by Gasteiger charge is 2.28. The molecule has 2 unspecified atom stereocenters. The summed E-state index contributed by atoms with van der Waals surface area (Å²) in [5, 5.41) is 9.05. The van der Waals surface area contributed by atoms with Gasteiger partial charge >= 0.3 is 0 Å². The molecule has 0 aliphatic carbocycles. The first kappa shape index (κ1) is 10.8. The fraction of sp³-hybridized carbons (Fsp3) is 0.800. The number of hydrogen-bond acceptors (Lipinski definition) is 5. The number of nitrogens with two attached hydrogens (primary N) is 1. The zero-order valence-corrected chi connectivity index (χ0v) is 9.91. The van der Waals surface area contributed by atoms with Gasteiger partial charge in [-0.3, -0.25) is 0 Å². The third kappa shape index (κ3) is 2.29. The quantitative estimate of drug-likeness (QED) is 0.848. The summed E-state index contributed by atoms with van der Waals surface area (Å²) in [7, 11) is 0. The molecule has 2 rings (SSSR count). The van der Waals surface area contributed by atoms with Gasteiger partial charge in [-0.05, 0) is 18.8 Å². The van der Waals surface area contributed by atoms with Crippen molar-refractivity contribution in [3.63, 3.8) is 0 Å². The van der Waals surface area contributed by atoms with Crippen molar-refractivity contribution in [2.75, 3.05) is 18.0 Å². The molecule has 1 aliphatic rings. The van der Waals surface area contributed by atoms with Gasteiger partial charge in [-0.15, -0.1) is 10.2 Å². The van der Waals surface area contributed by atoms with Crippen LogP contribution in [0.2, 0.25) is 0 Å². The summed E-state index contributed by atoms with van der Waals surface area (Å²) in [6.07, 6.45) is 3.72. The van der Waals surface area contributed by atoms with Crippen molar-refractivity contribution in [2.24, 2.45) is 11.7 Å². The zero-order valence-electron chi connectivity index (χ0n) is 9.09. The molecule has 5 heteroatoms. The molecule has 0 bridgehead atoms. The minimum Gasteiger partial charge on any atom is -0.342 e. The maximum absolute atomic E-state index is 5.83. The summed E-state index contributed by atoms with van der Waals surface area (Å²) >= 11 is 1.61. The van der Waals surface area contributed by atoms with E-state index in [1.54, 1.807) is 16.8 Å². The molecule has 2 heterocycles. The van der Waals surface area contributed by atoms with Crippen molar-refractivity contribution in [3.05, 3.63) is 5.51 Å². The lowest BCUT2D eigenvalue weighted by molar-refractivity contribution is 0.335. The van der Waals surface area contributed by atoms with Crippen LogP contribution in [0.3, 0.4) is 0 Å². The second-order valence-corrected chi connectivity index (χ2v) is 4.91. The lowest BCUT2D eigenvalue weighted by Gasteiger charge is -2.38. The number of hydrogen-bond donors (Lipinski definition) is 1. The van der Waals surface area contributed by atoms with Gasteiger partial charge in [0.15, 0.2) is 0 Å². The topological polar surface area (TPSA) is 55.0 Å². The molecule has 2 atom stereocenters. The summed E-state index contributed by atoms with van der Waals surface area (Å²) in [5.41, 5.74) is 7.62. The van der Waals surface area contributed by atoms with Crippen LogP contribution in [0.5, 0.6) is 0 Å². The number of anilines is 1. The molecule has 1 aliphatic heterocycles. The van der Waals surface area contributed by atoms with Crippen molar-refractivity contribution < 1.29 is 0 Å². The molecular formula is C10H18N4S. The molecular weight excluding hydrogens is 208 g/mol. The molecule has 0 saturated carbocycles. The SMILES string of the molecule is CCC1CCN(c2nncs2)C(CN)C1. The second kappa shape index (κ2) is 4.90. The van der Waals surface area contributed by atoms with Gasteiger partial charge in [0.1, 0.15) is 5.51 Å². The van der Waals surface area contributed by atoms with Crippen molar-refractivity contribution in [2.45, 2.75) is 32.2 Å². The first-order valence-corrected chi connectivity index (χ1v) is 6.46. The maximum atomic E-state index is 5.83. The Hall–Kier alpha value is -0.680. The van der Waals surface area contributed by atoms with Crippen LogP contribution in [-0.4, -0.2) is 29.3 Å². The molecule has 1 fully saturated rings. The molecule has 0 radical (unpaired) electrons. The van der Waals surface area contributed by atoms with Crippen LogP contribution >= 0.6 is 11.3 Å². The van der Waals surface area contributed by atoms with Gasteiger partial charge in [0, 0.05) is 19.1 Å². The number of nitrogens with zero attached hydrogens (tertiary/aromatic N) is 3. The van der Waals surface area contributed by atoms with Crippen LogP contribution in [0.25, 0.3) is 0 Å². The van der Waals surface area contributed by atoms with Crippen LogP contribution in [0, 0.1) is 5.92 Å². The molecule has 84 valence electrons. The molecule has 1 aromatic rings. The lowest BCUT2D eigenvalue weighted by atomic mass is 9.89. The van der Waals surface area contributed by atoms with Crippen LogP contribution in [-0.2, 0) is 0 Å². The first-order valence-electron chi connectivity index (χ1n) is 5.58. The Morgan fingerprint density at radius 2 is 2.53 bits per heavy atom. The van der Waals surface area contributed by atoms with Gasteiger partial charge in [-0.1, -0.05) is 24.7 Å². The van der Waals surface area contributed by atoms with Crippen LogP contribution in [0.1, 0.15) is 26.2 Å². The molecule has 0 spiro atoms. The predicted molar refractivity (Wildman–Crippen MR) is 63.1 cm³/mol. The number of piperidine rings is 1. The number of aromatic nitrogens is 2. The second-order valence-electron chi connectivity index (χ2n) is 4.10. The van der Waals surface area contributed by atoms with Gasteiger partial charge in [0.2, 0.25) is 5.13 Å². The first-order chi connectivity index (χ1) is 7.35. The molecule has 2 N–H and O–H groups in total. The molecule has 0 aromatic carbocycles. The molecule has 0 amide bonds. The Morgan fingerprint density at radius 1 is 1.67 bits per heavy atom. The van der Waals surface area contributed by atoms with Crippen molar-refractivity contribution in [1.29, 1.82) is 0 Å². The Morgan fingerprint density at radius 3 is 3.13 bits per heavy atom. The Bertz CT molecular complexity index is 288. The van der Waals surface area contributed by atoms with Gasteiger partial charge in [0.25, 0.3) is 0 Å². The molecule has 1 aromatic heterocycles. The van der Waals surface area contributed by atoms with E-state index in [2.05, 4.69) is 22.0 Å². The highest BCUT2D eigenvalue weighted by molar-refractivity contribution is 7.13. The van der Waals surface area contributed by atoms with Crippen LogP contribution in [0.15, 0.2) is 5.51 Å². The smallest absolute Gasteiger partial charge is 0.208 e. The van der Waals surface area contributed by atoms with Crippen LogP contribution in [0.4, 0.5) is 5.13 Å². The largest absolute Gasteiger partial charge is 0.342 e. The minimum absolute atomic E-state index is 0.455. The van der Waals surface area contributed by atoms with Gasteiger partial charge < -0.3 is 10.6 Å². The van der Waals surface area contributed by atoms with Gasteiger partial charge in [-0.2, -0.15) is 0 Å². The van der Waals surface area contributed by atoms with Gasteiger partial charge in [0.05, 0.1) is 0 Å². The molecule has 1 saturated heterocycles. The van der Waals surface area contributed by atoms with E-state index >= 15 is 0 Å². The fourth-order valence-electron chi connectivity index (χ4n) is 2.27. The molecule has 15 heavy (non-hydrogen) atoms. The summed E-state index contributed by atoms with van der Waals surface area (Å²) in [6, 6.07) is 0.455. The predicted octanol–water partition coefficient (Wildman–Crippen LogP) is 1.49. The summed E-state index contributed by atoms with van der Waals surface area (Å²) in [4.78, 5) is 2.32. The summed E-state index contributed by atoms with van der Waals surface area (Å²) in [5.74, 6) is 0.836. The van der Waals surface area contributed by atoms with Crippen molar-refractivity contribution >= 4 is 16.5 Å². The van der Waals surface area contributed by atoms with Crippen LogP contribution < -0.4 is 10.6 Å². The maximum Gasteiger partial charge on any atom is 0.208 e. The summed E-state index contributed by atoms with van der Waals surface area (Å²) in [6.45, 7) is 4.06. The van der Waals surface area contributed by atoms with Gasteiger partial charge in [-0.25, -0.2) is 0 Å². The van der Waals surface area contributed by atoms with E-state index in [0.717, 1.165) is 24.1 Å². The van der Waals surface area contributed by atoms with E-state index in [1.807, 2.05) is 0 Å². The highest BCUT2D eigenvalue weighted by atomic mass is 32.1. The summed E-state index contributed by atoms with van der Waals surface area (Å²) < 4.78 is 0. The normalized spacial score (nSPS) is 26.9. The van der Waals surface area contributed by atoms with E-state index in [0.29, 0.717) is 6.04 Å². The highest BCUT2D eigenvalue weighted by Crippen LogP contribution is 2.29. The van der Waals surface area contributed by atoms with Crippen molar-refractivity contribution in [3.8, 4) is 0 Å². The van der Waals surface area contributed by atoms with Crippen molar-refractivity contribution in [1.82, 2.24) is 10.2 Å².